The molecular formula is C14H16BrNO3. The molecule has 1 aromatic rings. The van der Waals surface area contributed by atoms with Crippen molar-refractivity contribution < 1.29 is 14.7 Å². The van der Waals surface area contributed by atoms with E-state index in [9.17, 15) is 9.59 Å². The number of carboxylic acids is 1. The van der Waals surface area contributed by atoms with Gasteiger partial charge in [-0.2, -0.15) is 0 Å². The highest BCUT2D eigenvalue weighted by atomic mass is 79.9. The van der Waals surface area contributed by atoms with E-state index in [1.54, 1.807) is 0 Å². The van der Waals surface area contributed by atoms with Gasteiger partial charge in [0.2, 0.25) is 5.91 Å². The number of benzene rings is 1. The molecule has 0 saturated heterocycles. The van der Waals surface area contributed by atoms with Crippen LogP contribution < -0.4 is 0 Å². The van der Waals surface area contributed by atoms with Gasteiger partial charge in [0.25, 0.3) is 0 Å². The zero-order chi connectivity index (χ0) is 13.8. The number of halogens is 1. The molecule has 0 aromatic heterocycles. The number of aliphatic carboxylic acids is 1. The standard InChI is InChI=1S/C14H16BrNO3/c15-11-4-1-10(2-5-11)3-8-13(17)16(9-14(18)19)12-6-7-12/h1-2,4-5,12H,3,6-9H2,(H,18,19). The van der Waals surface area contributed by atoms with Crippen molar-refractivity contribution in [2.45, 2.75) is 31.7 Å². The van der Waals surface area contributed by atoms with E-state index in [-0.39, 0.29) is 18.5 Å². The Balaban J connectivity index is 1.88. The Morgan fingerprint density at radius 3 is 2.42 bits per heavy atom. The Bertz CT molecular complexity index is 468. The Hall–Kier alpha value is -1.36. The van der Waals surface area contributed by atoms with E-state index in [0.717, 1.165) is 22.9 Å². The maximum absolute atomic E-state index is 12.1. The van der Waals surface area contributed by atoms with Gasteiger partial charge in [-0.3, -0.25) is 9.59 Å². The van der Waals surface area contributed by atoms with Gasteiger partial charge < -0.3 is 10.0 Å². The third-order valence-electron chi connectivity index (χ3n) is 3.15. The van der Waals surface area contributed by atoms with Crippen molar-refractivity contribution in [3.8, 4) is 0 Å². The van der Waals surface area contributed by atoms with E-state index < -0.39 is 5.97 Å². The number of amides is 1. The van der Waals surface area contributed by atoms with Gasteiger partial charge in [0.15, 0.2) is 0 Å². The minimum absolute atomic E-state index is 0.0622. The number of carbonyl (C=O) groups excluding carboxylic acids is 1. The third kappa shape index (κ3) is 4.35. The molecule has 0 radical (unpaired) electrons. The van der Waals surface area contributed by atoms with Gasteiger partial charge in [-0.05, 0) is 37.0 Å². The molecule has 0 aliphatic heterocycles. The molecule has 0 bridgehead atoms. The Morgan fingerprint density at radius 1 is 1.26 bits per heavy atom. The molecule has 1 aliphatic carbocycles. The third-order valence-corrected chi connectivity index (χ3v) is 3.68. The van der Waals surface area contributed by atoms with Crippen molar-refractivity contribution >= 4 is 27.8 Å². The number of nitrogens with zero attached hydrogens (tertiary/aromatic N) is 1. The molecule has 5 heteroatoms. The molecule has 2 rings (SSSR count). The van der Waals surface area contributed by atoms with Gasteiger partial charge in [-0.1, -0.05) is 28.1 Å². The Kier molecular flexibility index (Phi) is 4.58. The Labute approximate surface area is 120 Å². The molecule has 1 amide bonds. The summed E-state index contributed by atoms with van der Waals surface area (Å²) < 4.78 is 1.01. The van der Waals surface area contributed by atoms with Crippen LogP contribution in [0.4, 0.5) is 0 Å². The summed E-state index contributed by atoms with van der Waals surface area (Å²) in [5.74, 6) is -1.00. The van der Waals surface area contributed by atoms with Crippen LogP contribution in [0.2, 0.25) is 0 Å². The van der Waals surface area contributed by atoms with Crippen LogP contribution in [-0.2, 0) is 16.0 Å². The van der Waals surface area contributed by atoms with Crippen molar-refractivity contribution in [2.75, 3.05) is 6.54 Å². The van der Waals surface area contributed by atoms with E-state index in [1.165, 1.54) is 4.90 Å². The summed E-state index contributed by atoms with van der Waals surface area (Å²) in [4.78, 5) is 24.3. The summed E-state index contributed by atoms with van der Waals surface area (Å²) in [7, 11) is 0. The Morgan fingerprint density at radius 2 is 1.89 bits per heavy atom. The van der Waals surface area contributed by atoms with Crippen LogP contribution in [0.25, 0.3) is 0 Å². The zero-order valence-corrected chi connectivity index (χ0v) is 12.1. The maximum Gasteiger partial charge on any atom is 0.323 e. The first-order valence-electron chi connectivity index (χ1n) is 6.32. The fourth-order valence-corrected chi connectivity index (χ4v) is 2.26. The van der Waals surface area contributed by atoms with Crippen LogP contribution >= 0.6 is 15.9 Å². The summed E-state index contributed by atoms with van der Waals surface area (Å²) in [6.07, 6.45) is 2.87. The van der Waals surface area contributed by atoms with Crippen LogP contribution in [0, 0.1) is 0 Å². The monoisotopic (exact) mass is 325 g/mol. The average Bonchev–Trinajstić information content (AvgIpc) is 3.19. The average molecular weight is 326 g/mol. The minimum atomic E-state index is -0.941. The molecule has 0 unspecified atom stereocenters. The topological polar surface area (TPSA) is 57.6 Å². The van der Waals surface area contributed by atoms with Gasteiger partial charge in [0, 0.05) is 16.9 Å². The summed E-state index contributed by atoms with van der Waals surface area (Å²) in [5.41, 5.74) is 1.09. The van der Waals surface area contributed by atoms with Gasteiger partial charge in [0.1, 0.15) is 6.54 Å². The van der Waals surface area contributed by atoms with Gasteiger partial charge >= 0.3 is 5.97 Å². The normalized spacial score (nSPS) is 14.2. The predicted molar refractivity (Wildman–Crippen MR) is 74.8 cm³/mol. The molecule has 1 saturated carbocycles. The second-order valence-corrected chi connectivity index (χ2v) is 5.69. The lowest BCUT2D eigenvalue weighted by molar-refractivity contribution is -0.144. The van der Waals surface area contributed by atoms with Crippen LogP contribution in [0.15, 0.2) is 28.7 Å². The van der Waals surface area contributed by atoms with Crippen molar-refractivity contribution in [2.24, 2.45) is 0 Å². The first kappa shape index (κ1) is 14.1. The number of hydrogen-bond acceptors (Lipinski definition) is 2. The summed E-state index contributed by atoms with van der Waals surface area (Å²) >= 11 is 3.36. The van der Waals surface area contributed by atoms with Gasteiger partial charge in [0.05, 0.1) is 0 Å². The van der Waals surface area contributed by atoms with Gasteiger partial charge in [-0.25, -0.2) is 0 Å². The molecule has 0 spiro atoms. The van der Waals surface area contributed by atoms with Crippen LogP contribution in [0.5, 0.6) is 0 Å². The number of rotatable bonds is 6. The molecule has 0 atom stereocenters. The zero-order valence-electron chi connectivity index (χ0n) is 10.5. The lowest BCUT2D eigenvalue weighted by Gasteiger charge is -2.20. The van der Waals surface area contributed by atoms with E-state index in [4.69, 9.17) is 5.11 Å². The summed E-state index contributed by atoms with van der Waals surface area (Å²) in [5, 5.41) is 8.83. The van der Waals surface area contributed by atoms with Crippen molar-refractivity contribution in [1.82, 2.24) is 4.90 Å². The highest BCUT2D eigenvalue weighted by Crippen LogP contribution is 2.27. The fourth-order valence-electron chi connectivity index (χ4n) is 2.00. The number of aryl methyl sites for hydroxylation is 1. The molecular weight excluding hydrogens is 310 g/mol. The fraction of sp³-hybridized carbons (Fsp3) is 0.429. The predicted octanol–water partition coefficient (Wildman–Crippen LogP) is 2.46. The summed E-state index contributed by atoms with van der Waals surface area (Å²) in [6.45, 7) is -0.177. The van der Waals surface area contributed by atoms with Crippen molar-refractivity contribution in [3.05, 3.63) is 34.3 Å². The first-order chi connectivity index (χ1) is 9.06. The largest absolute Gasteiger partial charge is 0.480 e. The van der Waals surface area contributed by atoms with Gasteiger partial charge in [-0.15, -0.1) is 0 Å². The van der Waals surface area contributed by atoms with Crippen molar-refractivity contribution in [3.63, 3.8) is 0 Å². The van der Waals surface area contributed by atoms with Crippen LogP contribution in [-0.4, -0.2) is 34.5 Å². The highest BCUT2D eigenvalue weighted by Gasteiger charge is 2.33. The van der Waals surface area contributed by atoms with Crippen LogP contribution in [0.1, 0.15) is 24.8 Å². The second-order valence-electron chi connectivity index (χ2n) is 4.77. The lowest BCUT2D eigenvalue weighted by Crippen LogP contribution is -2.37. The lowest BCUT2D eigenvalue weighted by atomic mass is 10.1. The maximum atomic E-state index is 12.1. The molecule has 102 valence electrons. The quantitative estimate of drug-likeness (QED) is 0.874. The molecule has 4 nitrogen and oxygen atoms in total. The van der Waals surface area contributed by atoms with E-state index in [0.29, 0.717) is 12.8 Å². The first-order valence-corrected chi connectivity index (χ1v) is 7.11. The number of carbonyl (C=O) groups is 2. The molecule has 1 fully saturated rings. The van der Waals surface area contributed by atoms with Crippen LogP contribution in [0.3, 0.4) is 0 Å². The SMILES string of the molecule is O=C(O)CN(C(=O)CCc1ccc(Br)cc1)C1CC1. The summed E-state index contributed by atoms with van der Waals surface area (Å²) in [6, 6.07) is 7.96. The van der Waals surface area contributed by atoms with Crippen molar-refractivity contribution in [1.29, 1.82) is 0 Å². The molecule has 1 N–H and O–H groups in total. The molecule has 19 heavy (non-hydrogen) atoms. The molecule has 0 heterocycles. The number of carboxylic acid groups (broad SMARTS) is 1. The van der Waals surface area contributed by atoms with E-state index in [2.05, 4.69) is 15.9 Å². The van der Waals surface area contributed by atoms with E-state index >= 15 is 0 Å². The smallest absolute Gasteiger partial charge is 0.323 e. The highest BCUT2D eigenvalue weighted by molar-refractivity contribution is 9.10. The molecule has 1 aromatic carbocycles. The number of hydrogen-bond donors (Lipinski definition) is 1. The minimum Gasteiger partial charge on any atom is -0.480 e. The molecule has 1 aliphatic rings. The van der Waals surface area contributed by atoms with E-state index in [1.807, 2.05) is 24.3 Å². The second kappa shape index (κ2) is 6.19.